The monoisotopic (exact) mass is 280 g/mol. The molecule has 1 aromatic carbocycles. The number of nitrogens with zero attached hydrogens (tertiary/aromatic N) is 4. The van der Waals surface area contributed by atoms with E-state index in [1.54, 1.807) is 12.1 Å². The number of Topliss-reactive ketones (excluding diaryl/α,β-unsaturated/α-hetero) is 1. The van der Waals surface area contributed by atoms with E-state index < -0.39 is 11.6 Å². The number of carbonyl (C=O) groups excluding carboxylic acids is 1. The Hall–Kier alpha value is -3.07. The maximum Gasteiger partial charge on any atom is 0.241 e. The van der Waals surface area contributed by atoms with Crippen molar-refractivity contribution in [1.29, 1.82) is 0 Å². The highest BCUT2D eigenvalue weighted by Gasteiger charge is 2.19. The molecule has 0 unspecified atom stereocenters. The smallest absolute Gasteiger partial charge is 0.241 e. The van der Waals surface area contributed by atoms with E-state index >= 15 is 0 Å². The third-order valence-corrected chi connectivity index (χ3v) is 2.93. The Balaban J connectivity index is 2.30. The highest BCUT2D eigenvalue weighted by Crippen LogP contribution is 2.21. The minimum atomic E-state index is -0.736. The van der Waals surface area contributed by atoms with Gasteiger partial charge in [0.15, 0.2) is 5.82 Å². The average Bonchev–Trinajstić information content (AvgIpc) is 2.91. The van der Waals surface area contributed by atoms with Crippen molar-refractivity contribution >= 4 is 16.8 Å². The van der Waals surface area contributed by atoms with E-state index in [0.717, 1.165) is 6.20 Å². The van der Waals surface area contributed by atoms with Crippen LogP contribution in [0, 0.1) is 17.7 Å². The van der Waals surface area contributed by atoms with Gasteiger partial charge in [0.05, 0.1) is 23.5 Å². The Bertz CT molecular complexity index is 905. The zero-order valence-corrected chi connectivity index (χ0v) is 11.0. The van der Waals surface area contributed by atoms with E-state index in [1.807, 2.05) is 12.1 Å². The van der Waals surface area contributed by atoms with Gasteiger partial charge < -0.3 is 0 Å². The fraction of sp³-hybridized carbons (Fsp3) is 0.0667. The van der Waals surface area contributed by atoms with E-state index in [-0.39, 0.29) is 11.3 Å². The molecule has 0 N–H and O–H groups in total. The number of pyridine rings is 1. The third-order valence-electron chi connectivity index (χ3n) is 2.93. The number of ketones is 1. The van der Waals surface area contributed by atoms with Gasteiger partial charge in [0.1, 0.15) is 11.2 Å². The van der Waals surface area contributed by atoms with Crippen molar-refractivity contribution < 1.29 is 9.18 Å². The topological polar surface area (TPSA) is 60.7 Å². The lowest BCUT2D eigenvalue weighted by atomic mass is 10.1. The maximum absolute atomic E-state index is 14.0. The quantitative estimate of drug-likeness (QED) is 0.410. The number of para-hydroxylation sites is 1. The zero-order valence-electron chi connectivity index (χ0n) is 11.0. The molecule has 0 fully saturated rings. The van der Waals surface area contributed by atoms with Crippen LogP contribution in [0.4, 0.5) is 4.39 Å². The molecule has 0 saturated carbocycles. The summed E-state index contributed by atoms with van der Waals surface area (Å²) in [5, 5.41) is 7.96. The van der Waals surface area contributed by atoms with Crippen molar-refractivity contribution in [3.8, 4) is 17.5 Å². The van der Waals surface area contributed by atoms with Crippen LogP contribution in [0.15, 0.2) is 36.7 Å². The fourth-order valence-electron chi connectivity index (χ4n) is 2.03. The van der Waals surface area contributed by atoms with Gasteiger partial charge in [-0.05, 0) is 25.0 Å². The van der Waals surface area contributed by atoms with Crippen LogP contribution in [0.5, 0.6) is 0 Å². The van der Waals surface area contributed by atoms with Gasteiger partial charge in [0.2, 0.25) is 5.78 Å². The molecule has 3 rings (SSSR count). The molecule has 0 aliphatic heterocycles. The van der Waals surface area contributed by atoms with Crippen LogP contribution in [0.3, 0.4) is 0 Å². The molecule has 2 heterocycles. The second-order valence-electron chi connectivity index (χ2n) is 4.21. The highest BCUT2D eigenvalue weighted by atomic mass is 19.1. The fourth-order valence-corrected chi connectivity index (χ4v) is 2.03. The van der Waals surface area contributed by atoms with E-state index in [9.17, 15) is 9.18 Å². The summed E-state index contributed by atoms with van der Waals surface area (Å²) in [5.41, 5.74) is 1.36. The van der Waals surface area contributed by atoms with Crippen LogP contribution in [-0.2, 0) is 0 Å². The van der Waals surface area contributed by atoms with Crippen molar-refractivity contribution in [2.24, 2.45) is 0 Å². The Labute approximate surface area is 119 Å². The van der Waals surface area contributed by atoms with Gasteiger partial charge in [-0.25, -0.2) is 9.07 Å². The molecule has 3 aromatic rings. The van der Waals surface area contributed by atoms with Gasteiger partial charge in [-0.15, -0.1) is 5.10 Å². The van der Waals surface area contributed by atoms with E-state index in [2.05, 4.69) is 27.1 Å². The lowest BCUT2D eigenvalue weighted by Crippen LogP contribution is -2.09. The molecule has 0 saturated heterocycles. The summed E-state index contributed by atoms with van der Waals surface area (Å²) in [6.07, 6.45) is 2.35. The lowest BCUT2D eigenvalue weighted by Gasteiger charge is -2.07. The van der Waals surface area contributed by atoms with E-state index in [4.69, 9.17) is 0 Å². The van der Waals surface area contributed by atoms with Crippen LogP contribution < -0.4 is 0 Å². The predicted octanol–water partition coefficient (Wildman–Crippen LogP) is 2.16. The van der Waals surface area contributed by atoms with Gasteiger partial charge in [-0.2, -0.15) is 0 Å². The van der Waals surface area contributed by atoms with Crippen LogP contribution in [-0.4, -0.2) is 25.8 Å². The van der Waals surface area contributed by atoms with E-state index in [0.29, 0.717) is 11.0 Å². The summed E-state index contributed by atoms with van der Waals surface area (Å²) in [5.74, 6) is 3.45. The zero-order chi connectivity index (χ0) is 14.8. The van der Waals surface area contributed by atoms with Crippen molar-refractivity contribution in [3.05, 3.63) is 48.0 Å². The van der Waals surface area contributed by atoms with Crippen LogP contribution in [0.1, 0.15) is 17.3 Å². The molecular formula is C15H9FN4O. The van der Waals surface area contributed by atoms with Gasteiger partial charge in [-0.3, -0.25) is 9.78 Å². The standard InChI is InChI=1S/C15H9FN4O/c1-2-5-14(21)15-10(16)8-17-9-13(15)20-12-7-4-3-6-11(12)18-19-20/h3-4,6-9H,1H3. The molecule has 21 heavy (non-hydrogen) atoms. The van der Waals surface area contributed by atoms with Crippen LogP contribution in [0.2, 0.25) is 0 Å². The number of rotatable bonds is 2. The number of benzene rings is 1. The molecule has 0 radical (unpaired) electrons. The van der Waals surface area contributed by atoms with Gasteiger partial charge in [-0.1, -0.05) is 23.3 Å². The van der Waals surface area contributed by atoms with Crippen molar-refractivity contribution in [2.45, 2.75) is 6.92 Å². The van der Waals surface area contributed by atoms with Gasteiger partial charge in [0, 0.05) is 0 Å². The minimum absolute atomic E-state index is 0.157. The molecule has 102 valence electrons. The first-order chi connectivity index (χ1) is 10.2. The largest absolute Gasteiger partial charge is 0.279 e. The Kier molecular flexibility index (Phi) is 3.16. The molecule has 0 aliphatic carbocycles. The third kappa shape index (κ3) is 2.15. The number of fused-ring (bicyclic) bond motifs is 1. The van der Waals surface area contributed by atoms with Crippen molar-refractivity contribution in [1.82, 2.24) is 20.0 Å². The highest BCUT2D eigenvalue weighted by molar-refractivity contribution is 6.11. The Morgan fingerprint density at radius 2 is 2.10 bits per heavy atom. The maximum atomic E-state index is 14.0. The lowest BCUT2D eigenvalue weighted by molar-refractivity contribution is 0.105. The Morgan fingerprint density at radius 3 is 2.90 bits per heavy atom. The molecule has 0 amide bonds. The second kappa shape index (κ2) is 5.13. The molecule has 0 spiro atoms. The summed E-state index contributed by atoms with van der Waals surface area (Å²) in [6, 6.07) is 7.18. The van der Waals surface area contributed by atoms with Crippen molar-refractivity contribution in [3.63, 3.8) is 0 Å². The average molecular weight is 280 g/mol. The second-order valence-corrected chi connectivity index (χ2v) is 4.21. The number of aromatic nitrogens is 4. The first kappa shape index (κ1) is 12.9. The normalized spacial score (nSPS) is 10.2. The minimum Gasteiger partial charge on any atom is -0.279 e. The molecule has 0 atom stereocenters. The molecule has 6 heteroatoms. The van der Waals surface area contributed by atoms with Crippen LogP contribution >= 0.6 is 0 Å². The summed E-state index contributed by atoms with van der Waals surface area (Å²) in [6.45, 7) is 1.52. The van der Waals surface area contributed by atoms with Gasteiger partial charge in [0.25, 0.3) is 0 Å². The molecule has 5 nitrogen and oxygen atoms in total. The first-order valence-electron chi connectivity index (χ1n) is 6.14. The summed E-state index contributed by atoms with van der Waals surface area (Å²) in [4.78, 5) is 15.8. The number of carbonyl (C=O) groups is 1. The summed E-state index contributed by atoms with van der Waals surface area (Å²) >= 11 is 0. The molecule has 0 bridgehead atoms. The number of halogens is 1. The number of hydrogen-bond donors (Lipinski definition) is 0. The molecule has 0 aliphatic rings. The van der Waals surface area contributed by atoms with Crippen molar-refractivity contribution in [2.75, 3.05) is 0 Å². The summed E-state index contributed by atoms with van der Waals surface area (Å²) < 4.78 is 15.4. The summed E-state index contributed by atoms with van der Waals surface area (Å²) in [7, 11) is 0. The van der Waals surface area contributed by atoms with Gasteiger partial charge >= 0.3 is 0 Å². The molecule has 2 aromatic heterocycles. The van der Waals surface area contributed by atoms with Crippen LogP contribution in [0.25, 0.3) is 16.7 Å². The Morgan fingerprint density at radius 1 is 1.29 bits per heavy atom. The number of hydrogen-bond acceptors (Lipinski definition) is 4. The molecular weight excluding hydrogens is 271 g/mol. The SMILES string of the molecule is CC#CC(=O)c1c(F)cncc1-n1nnc2ccccc21. The van der Waals surface area contributed by atoms with E-state index in [1.165, 1.54) is 17.8 Å². The predicted molar refractivity (Wildman–Crippen MR) is 74.4 cm³/mol. The first-order valence-corrected chi connectivity index (χ1v) is 6.14.